The average Bonchev–Trinajstić information content (AvgIpc) is 3.03. The molecule has 2 aromatic rings. The van der Waals surface area contributed by atoms with Gasteiger partial charge in [-0.25, -0.2) is 0 Å². The molecule has 2 aliphatic rings. The quantitative estimate of drug-likeness (QED) is 0.839. The van der Waals surface area contributed by atoms with Crippen molar-refractivity contribution in [1.29, 1.82) is 0 Å². The third-order valence-corrected chi connectivity index (χ3v) is 5.28. The minimum absolute atomic E-state index is 0.0400. The Bertz CT molecular complexity index is 601. The zero-order valence-electron chi connectivity index (χ0n) is 14.2. The summed E-state index contributed by atoms with van der Waals surface area (Å²) in [5.74, 6) is -0.438. The van der Waals surface area contributed by atoms with Crippen molar-refractivity contribution in [3.05, 3.63) is 71.8 Å². The topological polar surface area (TPSA) is 21.7 Å². The molecule has 0 radical (unpaired) electrons. The Morgan fingerprint density at radius 2 is 1.29 bits per heavy atom. The Hall–Kier alpha value is -1.68. The van der Waals surface area contributed by atoms with E-state index in [1.807, 2.05) is 12.1 Å². The molecule has 2 fully saturated rings. The van der Waals surface area contributed by atoms with Crippen molar-refractivity contribution >= 4 is 0 Å². The Kier molecular flexibility index (Phi) is 4.40. The Labute approximate surface area is 144 Å². The van der Waals surface area contributed by atoms with Crippen molar-refractivity contribution in [2.75, 3.05) is 19.6 Å². The summed E-state index contributed by atoms with van der Waals surface area (Å²) < 4.78 is 13.2. The maximum absolute atomic E-state index is 6.59. The van der Waals surface area contributed by atoms with Gasteiger partial charge in [0, 0.05) is 25.9 Å². The molecular weight excluding hydrogens is 298 g/mol. The van der Waals surface area contributed by atoms with Crippen molar-refractivity contribution in [1.82, 2.24) is 4.90 Å². The van der Waals surface area contributed by atoms with Crippen molar-refractivity contribution in [2.45, 2.75) is 37.8 Å². The lowest BCUT2D eigenvalue weighted by atomic mass is 9.99. The number of piperidine rings is 1. The second-order valence-electron chi connectivity index (χ2n) is 6.74. The lowest BCUT2D eigenvalue weighted by Crippen LogP contribution is -2.45. The van der Waals surface area contributed by atoms with Gasteiger partial charge in [0.1, 0.15) is 12.2 Å². The second kappa shape index (κ2) is 6.67. The van der Waals surface area contributed by atoms with Crippen LogP contribution in [0.1, 0.15) is 43.1 Å². The summed E-state index contributed by atoms with van der Waals surface area (Å²) in [6, 6.07) is 21.0. The summed E-state index contributed by atoms with van der Waals surface area (Å²) in [6.45, 7) is 5.40. The smallest absolute Gasteiger partial charge is 0.172 e. The zero-order valence-corrected chi connectivity index (χ0v) is 14.2. The van der Waals surface area contributed by atoms with Gasteiger partial charge in [0.2, 0.25) is 0 Å². The molecule has 3 heteroatoms. The third kappa shape index (κ3) is 3.00. The molecule has 0 saturated carbocycles. The molecule has 1 spiro atoms. The fraction of sp³-hybridized carbons (Fsp3) is 0.429. The molecule has 24 heavy (non-hydrogen) atoms. The number of nitrogens with zero attached hydrogens (tertiary/aromatic N) is 1. The van der Waals surface area contributed by atoms with Gasteiger partial charge >= 0.3 is 0 Å². The van der Waals surface area contributed by atoms with Crippen LogP contribution in [0.4, 0.5) is 0 Å². The molecule has 0 aromatic heterocycles. The molecular formula is C21H25NO2. The van der Waals surface area contributed by atoms with Crippen LogP contribution < -0.4 is 0 Å². The van der Waals surface area contributed by atoms with E-state index in [0.717, 1.165) is 32.5 Å². The fourth-order valence-electron chi connectivity index (χ4n) is 3.83. The number of hydrogen-bond donors (Lipinski definition) is 0. The normalized spacial score (nSPS) is 26.7. The monoisotopic (exact) mass is 323 g/mol. The van der Waals surface area contributed by atoms with Crippen LogP contribution in [0.5, 0.6) is 0 Å². The lowest BCUT2D eigenvalue weighted by molar-refractivity contribution is -0.202. The number of hydrogen-bond acceptors (Lipinski definition) is 3. The highest BCUT2D eigenvalue weighted by Gasteiger charge is 2.49. The van der Waals surface area contributed by atoms with Crippen LogP contribution in [-0.2, 0) is 9.47 Å². The van der Waals surface area contributed by atoms with Gasteiger partial charge in [-0.2, -0.15) is 0 Å². The first-order valence-corrected chi connectivity index (χ1v) is 8.97. The Morgan fingerprint density at radius 1 is 0.833 bits per heavy atom. The molecule has 3 nitrogen and oxygen atoms in total. The molecule has 4 rings (SSSR count). The van der Waals surface area contributed by atoms with Crippen LogP contribution in [0.3, 0.4) is 0 Å². The summed E-state index contributed by atoms with van der Waals surface area (Å²) >= 11 is 0. The van der Waals surface area contributed by atoms with E-state index in [-0.39, 0.29) is 12.2 Å². The molecule has 126 valence electrons. The minimum Gasteiger partial charge on any atom is -0.339 e. The molecule has 2 atom stereocenters. The van der Waals surface area contributed by atoms with Crippen molar-refractivity contribution < 1.29 is 9.47 Å². The molecule has 2 heterocycles. The highest BCUT2D eigenvalue weighted by Crippen LogP contribution is 2.50. The van der Waals surface area contributed by atoms with E-state index in [0.29, 0.717) is 0 Å². The number of ether oxygens (including phenoxy) is 2. The van der Waals surface area contributed by atoms with Gasteiger partial charge in [-0.15, -0.1) is 0 Å². The lowest BCUT2D eigenvalue weighted by Gasteiger charge is -2.37. The predicted octanol–water partition coefficient (Wildman–Crippen LogP) is 4.33. The summed E-state index contributed by atoms with van der Waals surface area (Å²) in [7, 11) is 0. The van der Waals surface area contributed by atoms with Crippen LogP contribution in [0, 0.1) is 0 Å². The molecule has 0 aliphatic carbocycles. The van der Waals surface area contributed by atoms with Crippen molar-refractivity contribution in [2.24, 2.45) is 0 Å². The summed E-state index contributed by atoms with van der Waals surface area (Å²) in [5, 5.41) is 0. The van der Waals surface area contributed by atoms with Gasteiger partial charge in [-0.05, 0) is 17.7 Å². The first-order valence-electron chi connectivity index (χ1n) is 8.97. The molecule has 0 amide bonds. The molecule has 2 aliphatic heterocycles. The number of benzene rings is 2. The van der Waals surface area contributed by atoms with Crippen LogP contribution in [0.2, 0.25) is 0 Å². The van der Waals surface area contributed by atoms with E-state index in [4.69, 9.17) is 9.47 Å². The van der Waals surface area contributed by atoms with Gasteiger partial charge < -0.3 is 14.4 Å². The van der Waals surface area contributed by atoms with E-state index < -0.39 is 5.79 Å². The molecule has 0 N–H and O–H groups in total. The highest BCUT2D eigenvalue weighted by atomic mass is 16.8. The summed E-state index contributed by atoms with van der Waals surface area (Å²) in [6.07, 6.45) is 1.80. The number of likely N-dealkylation sites (tertiary alicyclic amines) is 1. The maximum atomic E-state index is 6.59. The van der Waals surface area contributed by atoms with E-state index in [2.05, 4.69) is 60.4 Å². The Morgan fingerprint density at radius 3 is 1.71 bits per heavy atom. The van der Waals surface area contributed by atoms with Crippen LogP contribution in [0.25, 0.3) is 0 Å². The van der Waals surface area contributed by atoms with Crippen LogP contribution >= 0.6 is 0 Å². The zero-order chi connectivity index (χ0) is 16.4. The van der Waals surface area contributed by atoms with Gasteiger partial charge in [-0.1, -0.05) is 67.6 Å². The minimum atomic E-state index is -0.438. The molecule has 2 saturated heterocycles. The van der Waals surface area contributed by atoms with E-state index in [1.165, 1.54) is 11.1 Å². The molecule has 2 aromatic carbocycles. The SMILES string of the molecule is CCN1CCC2(CC1)O[C@H](c1ccccc1)[C@H](c1ccccc1)O2. The fourth-order valence-corrected chi connectivity index (χ4v) is 3.83. The van der Waals surface area contributed by atoms with Gasteiger partial charge in [0.15, 0.2) is 5.79 Å². The predicted molar refractivity (Wildman–Crippen MR) is 94.6 cm³/mol. The standard InChI is InChI=1S/C21H25NO2/c1-2-22-15-13-21(14-16-22)23-19(17-9-5-3-6-10-17)20(24-21)18-11-7-4-8-12-18/h3-12,19-20H,2,13-16H2,1H3/t19-,20+. The van der Waals surface area contributed by atoms with Crippen molar-refractivity contribution in [3.63, 3.8) is 0 Å². The third-order valence-electron chi connectivity index (χ3n) is 5.28. The van der Waals surface area contributed by atoms with Crippen molar-refractivity contribution in [3.8, 4) is 0 Å². The summed E-state index contributed by atoms with van der Waals surface area (Å²) in [4.78, 5) is 2.46. The largest absolute Gasteiger partial charge is 0.339 e. The average molecular weight is 323 g/mol. The first-order chi connectivity index (χ1) is 11.8. The summed E-state index contributed by atoms with van der Waals surface area (Å²) in [5.41, 5.74) is 2.39. The van der Waals surface area contributed by atoms with Gasteiger partial charge in [0.25, 0.3) is 0 Å². The molecule has 0 bridgehead atoms. The maximum Gasteiger partial charge on any atom is 0.172 e. The second-order valence-corrected chi connectivity index (χ2v) is 6.74. The molecule has 0 unspecified atom stereocenters. The van der Waals surface area contributed by atoms with Gasteiger partial charge in [0.05, 0.1) is 0 Å². The highest BCUT2D eigenvalue weighted by molar-refractivity contribution is 5.26. The first kappa shape index (κ1) is 15.8. The Balaban J connectivity index is 1.63. The van der Waals surface area contributed by atoms with Crippen LogP contribution in [-0.4, -0.2) is 30.3 Å². The van der Waals surface area contributed by atoms with Crippen LogP contribution in [0.15, 0.2) is 60.7 Å². The van der Waals surface area contributed by atoms with E-state index >= 15 is 0 Å². The number of rotatable bonds is 3. The van der Waals surface area contributed by atoms with Gasteiger partial charge in [-0.3, -0.25) is 0 Å². The van der Waals surface area contributed by atoms with E-state index in [9.17, 15) is 0 Å². The van der Waals surface area contributed by atoms with E-state index in [1.54, 1.807) is 0 Å².